The zero-order valence-corrected chi connectivity index (χ0v) is 7.02. The highest BCUT2D eigenvalue weighted by Crippen LogP contribution is 2.06. The van der Waals surface area contributed by atoms with Crippen LogP contribution < -0.4 is 5.11 Å². The molecule has 0 N–H and O–H groups in total. The number of nitrogens with zero attached hydrogens (tertiary/aromatic N) is 2. The third-order valence-corrected chi connectivity index (χ3v) is 1.81. The lowest BCUT2D eigenvalue weighted by atomic mass is 10.3. The summed E-state index contributed by atoms with van der Waals surface area (Å²) >= 11 is 0. The monoisotopic (exact) mass is 175 g/mol. The Bertz CT molecular complexity index is 473. The van der Waals surface area contributed by atoms with E-state index in [2.05, 4.69) is 4.98 Å². The Hall–Kier alpha value is -1.84. The van der Waals surface area contributed by atoms with E-state index in [4.69, 9.17) is 0 Å². The van der Waals surface area contributed by atoms with Gasteiger partial charge in [0, 0.05) is 18.0 Å². The van der Waals surface area contributed by atoms with Crippen molar-refractivity contribution in [1.29, 1.82) is 0 Å². The summed E-state index contributed by atoms with van der Waals surface area (Å²) in [7, 11) is 0. The van der Waals surface area contributed by atoms with E-state index in [-0.39, 0.29) is 5.56 Å². The predicted molar refractivity (Wildman–Crippen MR) is 44.3 cm³/mol. The van der Waals surface area contributed by atoms with Gasteiger partial charge in [-0.1, -0.05) is 0 Å². The highest BCUT2D eigenvalue weighted by atomic mass is 16.4. The molecular formula is C9H7N2O2-. The van der Waals surface area contributed by atoms with Crippen LogP contribution in [0.1, 0.15) is 16.1 Å². The largest absolute Gasteiger partial charge is 0.545 e. The van der Waals surface area contributed by atoms with Crippen LogP contribution in [0.4, 0.5) is 0 Å². The van der Waals surface area contributed by atoms with Gasteiger partial charge in [-0.15, -0.1) is 0 Å². The SMILES string of the molecule is Cc1cn2cc(C(=O)[O-])ccc2n1. The molecule has 2 aromatic rings. The van der Waals surface area contributed by atoms with Crippen LogP contribution in [0, 0.1) is 6.92 Å². The van der Waals surface area contributed by atoms with Gasteiger partial charge in [0.1, 0.15) is 5.65 Å². The first kappa shape index (κ1) is 7.79. The second-order valence-electron chi connectivity index (χ2n) is 2.85. The molecule has 0 saturated carbocycles. The molecule has 2 aromatic heterocycles. The minimum Gasteiger partial charge on any atom is -0.545 e. The topological polar surface area (TPSA) is 57.4 Å². The van der Waals surface area contributed by atoms with Crippen molar-refractivity contribution in [2.45, 2.75) is 6.92 Å². The average Bonchev–Trinajstić information content (AvgIpc) is 2.42. The zero-order chi connectivity index (χ0) is 9.42. The Labute approximate surface area is 74.5 Å². The van der Waals surface area contributed by atoms with Gasteiger partial charge >= 0.3 is 0 Å². The summed E-state index contributed by atoms with van der Waals surface area (Å²) in [6.07, 6.45) is 3.26. The van der Waals surface area contributed by atoms with Crippen LogP contribution in [0.5, 0.6) is 0 Å². The van der Waals surface area contributed by atoms with Crippen LogP contribution in [-0.4, -0.2) is 15.4 Å². The molecule has 2 heterocycles. The number of carboxylic acids is 1. The maximum absolute atomic E-state index is 10.5. The van der Waals surface area contributed by atoms with Gasteiger partial charge in [-0.3, -0.25) is 0 Å². The molecule has 13 heavy (non-hydrogen) atoms. The van der Waals surface area contributed by atoms with E-state index in [0.29, 0.717) is 0 Å². The summed E-state index contributed by atoms with van der Waals surface area (Å²) in [6.45, 7) is 1.85. The number of aromatic nitrogens is 2. The molecule has 0 bridgehead atoms. The quantitative estimate of drug-likeness (QED) is 0.613. The number of imidazole rings is 1. The summed E-state index contributed by atoms with van der Waals surface area (Å²) in [4.78, 5) is 14.7. The van der Waals surface area contributed by atoms with Gasteiger partial charge in [0.05, 0.1) is 11.7 Å². The molecule has 0 unspecified atom stereocenters. The lowest BCUT2D eigenvalue weighted by Gasteiger charge is -2.01. The fraction of sp³-hybridized carbons (Fsp3) is 0.111. The third-order valence-electron chi connectivity index (χ3n) is 1.81. The maximum atomic E-state index is 10.5. The van der Waals surface area contributed by atoms with Crippen molar-refractivity contribution in [3.63, 3.8) is 0 Å². The normalized spacial score (nSPS) is 10.5. The van der Waals surface area contributed by atoms with Crippen molar-refractivity contribution in [1.82, 2.24) is 9.38 Å². The third kappa shape index (κ3) is 1.26. The van der Waals surface area contributed by atoms with Gasteiger partial charge in [0.25, 0.3) is 0 Å². The number of aryl methyl sites for hydroxylation is 1. The van der Waals surface area contributed by atoms with Gasteiger partial charge in [-0.05, 0) is 19.1 Å². The number of carboxylic acid groups (broad SMARTS) is 1. The molecule has 0 aliphatic rings. The number of aromatic carboxylic acids is 1. The molecule has 0 saturated heterocycles. The Balaban J connectivity index is 2.67. The van der Waals surface area contributed by atoms with Crippen LogP contribution >= 0.6 is 0 Å². The number of hydrogen-bond donors (Lipinski definition) is 0. The zero-order valence-electron chi connectivity index (χ0n) is 7.02. The summed E-state index contributed by atoms with van der Waals surface area (Å²) in [5.74, 6) is -1.17. The van der Waals surface area contributed by atoms with Gasteiger partial charge in [-0.25, -0.2) is 4.98 Å². The molecule has 4 nitrogen and oxygen atoms in total. The van der Waals surface area contributed by atoms with Gasteiger partial charge in [0.2, 0.25) is 0 Å². The van der Waals surface area contributed by atoms with Crippen molar-refractivity contribution in [2.75, 3.05) is 0 Å². The number of carbonyl (C=O) groups excluding carboxylic acids is 1. The predicted octanol–water partition coefficient (Wildman–Crippen LogP) is 0.00622. The van der Waals surface area contributed by atoms with E-state index in [1.807, 2.05) is 6.92 Å². The first-order valence-electron chi connectivity index (χ1n) is 3.83. The van der Waals surface area contributed by atoms with Crippen LogP contribution in [0.2, 0.25) is 0 Å². The second-order valence-corrected chi connectivity index (χ2v) is 2.85. The second kappa shape index (κ2) is 2.58. The van der Waals surface area contributed by atoms with Gasteiger partial charge < -0.3 is 14.3 Å². The Morgan fingerprint density at radius 2 is 2.23 bits per heavy atom. The first-order valence-corrected chi connectivity index (χ1v) is 3.83. The number of rotatable bonds is 1. The van der Waals surface area contributed by atoms with Gasteiger partial charge in [-0.2, -0.15) is 0 Å². The smallest absolute Gasteiger partial charge is 0.136 e. The van der Waals surface area contributed by atoms with Crippen LogP contribution in [0.25, 0.3) is 5.65 Å². The summed E-state index contributed by atoms with van der Waals surface area (Å²) in [6, 6.07) is 3.13. The summed E-state index contributed by atoms with van der Waals surface area (Å²) in [5, 5.41) is 10.5. The van der Waals surface area contributed by atoms with Crippen molar-refractivity contribution >= 4 is 11.6 Å². The van der Waals surface area contributed by atoms with Gasteiger partial charge in [0.15, 0.2) is 0 Å². The molecule has 0 aliphatic heterocycles. The molecule has 66 valence electrons. The number of pyridine rings is 1. The van der Waals surface area contributed by atoms with E-state index < -0.39 is 5.97 Å². The summed E-state index contributed by atoms with van der Waals surface area (Å²) < 4.78 is 1.67. The fourth-order valence-corrected chi connectivity index (χ4v) is 1.24. The average molecular weight is 175 g/mol. The minimum atomic E-state index is -1.17. The highest BCUT2D eigenvalue weighted by molar-refractivity contribution is 5.85. The molecule has 0 aliphatic carbocycles. The van der Waals surface area contributed by atoms with Crippen LogP contribution in [0.15, 0.2) is 24.5 Å². The number of hydrogen-bond acceptors (Lipinski definition) is 3. The molecule has 0 fully saturated rings. The van der Waals surface area contributed by atoms with Crippen LogP contribution in [-0.2, 0) is 0 Å². The Kier molecular flexibility index (Phi) is 1.55. The van der Waals surface area contributed by atoms with E-state index in [0.717, 1.165) is 11.3 Å². The van der Waals surface area contributed by atoms with E-state index in [1.165, 1.54) is 12.3 Å². The number of carbonyl (C=O) groups is 1. The van der Waals surface area contributed by atoms with Crippen molar-refractivity contribution in [3.8, 4) is 0 Å². The van der Waals surface area contributed by atoms with Crippen molar-refractivity contribution in [3.05, 3.63) is 35.8 Å². The number of fused-ring (bicyclic) bond motifs is 1. The highest BCUT2D eigenvalue weighted by Gasteiger charge is 1.98. The Morgan fingerprint density at radius 3 is 2.92 bits per heavy atom. The molecule has 0 aromatic carbocycles. The Morgan fingerprint density at radius 1 is 1.46 bits per heavy atom. The molecule has 0 radical (unpaired) electrons. The first-order chi connectivity index (χ1) is 6.16. The lowest BCUT2D eigenvalue weighted by molar-refractivity contribution is -0.255. The fourth-order valence-electron chi connectivity index (χ4n) is 1.24. The minimum absolute atomic E-state index is 0.157. The van der Waals surface area contributed by atoms with E-state index in [1.54, 1.807) is 16.7 Å². The molecule has 4 heteroatoms. The van der Waals surface area contributed by atoms with Crippen molar-refractivity contribution in [2.24, 2.45) is 0 Å². The summed E-state index contributed by atoms with van der Waals surface area (Å²) in [5.41, 5.74) is 1.75. The van der Waals surface area contributed by atoms with Crippen molar-refractivity contribution < 1.29 is 9.90 Å². The van der Waals surface area contributed by atoms with E-state index >= 15 is 0 Å². The van der Waals surface area contributed by atoms with E-state index in [9.17, 15) is 9.90 Å². The molecule has 0 amide bonds. The maximum Gasteiger partial charge on any atom is 0.136 e. The molecule has 0 atom stereocenters. The lowest BCUT2D eigenvalue weighted by Crippen LogP contribution is -2.22. The molecule has 2 rings (SSSR count). The molecule has 0 spiro atoms. The standard InChI is InChI=1S/C9H8N2O2/c1-6-4-11-5-7(9(12)13)2-3-8(11)10-6/h2-5H,1H3,(H,12,13)/p-1. The van der Waals surface area contributed by atoms with Crippen LogP contribution in [0.3, 0.4) is 0 Å². The molecular weight excluding hydrogens is 168 g/mol.